The Morgan fingerprint density at radius 1 is 0.591 bits per heavy atom. The second-order valence-electron chi connectivity index (χ2n) is 4.85. The highest BCUT2D eigenvalue weighted by Crippen LogP contribution is 1.68. The molecule has 0 saturated carbocycles. The molecule has 8 N–H and O–H groups in total. The van der Waals surface area contributed by atoms with Crippen LogP contribution in [0.4, 0.5) is 0 Å². The minimum Gasteiger partial charge on any atom is -0.397 e. The Morgan fingerprint density at radius 3 is 1.14 bits per heavy atom. The predicted molar refractivity (Wildman–Crippen MR) is 96.5 cm³/mol. The maximum absolute atomic E-state index is 7.57. The summed E-state index contributed by atoms with van der Waals surface area (Å²) in [7, 11) is 0. The van der Waals surface area contributed by atoms with Gasteiger partial charge >= 0.3 is 0 Å². The molecule has 0 aliphatic heterocycles. The van der Waals surface area contributed by atoms with E-state index in [0.29, 0.717) is 6.54 Å². The number of hydrogen-bond acceptors (Lipinski definition) is 7. The first-order valence-corrected chi connectivity index (χ1v) is 8.67. The second kappa shape index (κ2) is 25.7. The third-order valence-corrected chi connectivity index (χ3v) is 2.66. The van der Waals surface area contributed by atoms with Gasteiger partial charge in [0.05, 0.1) is 0 Å². The van der Waals surface area contributed by atoms with Crippen LogP contribution in [0.25, 0.3) is 0 Å². The summed E-state index contributed by atoms with van der Waals surface area (Å²) in [5.41, 5.74) is 5.38. The zero-order valence-electron chi connectivity index (χ0n) is 14.7. The molecular weight excluding hydrogens is 280 g/mol. The molecule has 136 valence electrons. The lowest BCUT2D eigenvalue weighted by molar-refractivity contribution is 0.318. The first kappa shape index (κ1) is 24.0. The van der Waals surface area contributed by atoms with Gasteiger partial charge in [-0.1, -0.05) is 6.92 Å². The summed E-state index contributed by atoms with van der Waals surface area (Å²) in [6.45, 7) is 15.0. The zero-order valence-corrected chi connectivity index (χ0v) is 14.7. The van der Waals surface area contributed by atoms with Crippen LogP contribution < -0.4 is 32.3 Å². The standard InChI is InChI=1S/C13H34N6.C2H6O/c1-2-4-15-6-8-17-10-12-19-13-11-18-9-7-16-5-3-14;1-2-3/h15-19H,2-14H2,1H3;3H,2H2,1H3. The molecule has 0 unspecified atom stereocenters. The molecule has 0 aromatic carbocycles. The normalized spacial score (nSPS) is 10.4. The van der Waals surface area contributed by atoms with Crippen LogP contribution in [0, 0.1) is 0 Å². The Morgan fingerprint density at radius 2 is 0.864 bits per heavy atom. The monoisotopic (exact) mass is 320 g/mol. The van der Waals surface area contributed by atoms with Gasteiger partial charge in [0, 0.05) is 72.1 Å². The molecule has 0 atom stereocenters. The van der Waals surface area contributed by atoms with E-state index >= 15 is 0 Å². The molecule has 0 aliphatic rings. The number of aliphatic hydroxyl groups is 1. The maximum Gasteiger partial charge on any atom is 0.0402 e. The van der Waals surface area contributed by atoms with Gasteiger partial charge in [-0.25, -0.2) is 0 Å². The Hall–Kier alpha value is -0.280. The van der Waals surface area contributed by atoms with Gasteiger partial charge in [0.2, 0.25) is 0 Å². The van der Waals surface area contributed by atoms with Crippen LogP contribution in [-0.2, 0) is 0 Å². The summed E-state index contributed by atoms with van der Waals surface area (Å²) < 4.78 is 0. The lowest BCUT2D eigenvalue weighted by Crippen LogP contribution is -2.37. The van der Waals surface area contributed by atoms with E-state index in [-0.39, 0.29) is 6.61 Å². The Balaban J connectivity index is 0. The topological polar surface area (TPSA) is 106 Å². The van der Waals surface area contributed by atoms with Crippen molar-refractivity contribution in [2.24, 2.45) is 5.73 Å². The van der Waals surface area contributed by atoms with E-state index in [1.165, 1.54) is 6.42 Å². The first-order valence-electron chi connectivity index (χ1n) is 8.67. The molecule has 0 spiro atoms. The lowest BCUT2D eigenvalue weighted by Gasteiger charge is -2.08. The molecule has 0 aromatic rings. The molecule has 0 aromatic heterocycles. The van der Waals surface area contributed by atoms with Crippen molar-refractivity contribution in [1.29, 1.82) is 0 Å². The number of aliphatic hydroxyl groups excluding tert-OH is 1. The van der Waals surface area contributed by atoms with Crippen molar-refractivity contribution in [3.8, 4) is 0 Å². The van der Waals surface area contributed by atoms with Crippen LogP contribution >= 0.6 is 0 Å². The predicted octanol–water partition coefficient (Wildman–Crippen LogP) is -1.70. The molecule has 7 heteroatoms. The first-order chi connectivity index (χ1) is 10.8. The van der Waals surface area contributed by atoms with E-state index < -0.39 is 0 Å². The molecule has 0 heterocycles. The summed E-state index contributed by atoms with van der Waals surface area (Å²) in [5, 5.41) is 24.4. The van der Waals surface area contributed by atoms with Crippen molar-refractivity contribution in [3.63, 3.8) is 0 Å². The van der Waals surface area contributed by atoms with E-state index in [1.807, 2.05) is 0 Å². The Bertz CT molecular complexity index is 158. The summed E-state index contributed by atoms with van der Waals surface area (Å²) >= 11 is 0. The van der Waals surface area contributed by atoms with Gasteiger partial charge in [-0.2, -0.15) is 0 Å². The Kier molecular flexibility index (Phi) is 28.0. The van der Waals surface area contributed by atoms with Crippen molar-refractivity contribution in [2.45, 2.75) is 20.3 Å². The highest BCUT2D eigenvalue weighted by molar-refractivity contribution is 4.57. The fraction of sp³-hybridized carbons (Fsp3) is 1.00. The molecule has 0 bridgehead atoms. The van der Waals surface area contributed by atoms with Gasteiger partial charge in [-0.15, -0.1) is 0 Å². The zero-order chi connectivity index (χ0) is 16.7. The molecule has 0 aliphatic carbocycles. The van der Waals surface area contributed by atoms with Crippen LogP contribution in [0.15, 0.2) is 0 Å². The SMILES string of the molecule is CCCNCCNCCNCCNCCNCCN.CCO. The summed E-state index contributed by atoms with van der Waals surface area (Å²) in [6, 6.07) is 0. The second-order valence-corrected chi connectivity index (χ2v) is 4.85. The number of nitrogens with one attached hydrogen (secondary N) is 5. The van der Waals surface area contributed by atoms with Crippen molar-refractivity contribution >= 4 is 0 Å². The fourth-order valence-corrected chi connectivity index (χ4v) is 1.61. The average molecular weight is 321 g/mol. The highest BCUT2D eigenvalue weighted by Gasteiger charge is 1.90. The largest absolute Gasteiger partial charge is 0.397 e. The average Bonchev–Trinajstić information content (AvgIpc) is 2.52. The number of rotatable bonds is 16. The molecule has 0 saturated heterocycles. The molecule has 0 amide bonds. The third-order valence-electron chi connectivity index (χ3n) is 2.66. The minimum atomic E-state index is 0.250. The van der Waals surface area contributed by atoms with Crippen molar-refractivity contribution in [3.05, 3.63) is 0 Å². The molecule has 0 rings (SSSR count). The van der Waals surface area contributed by atoms with Gasteiger partial charge in [-0.05, 0) is 19.9 Å². The summed E-state index contributed by atoms with van der Waals surface area (Å²) in [5.74, 6) is 0. The summed E-state index contributed by atoms with van der Waals surface area (Å²) in [6.07, 6.45) is 1.20. The maximum atomic E-state index is 7.57. The molecule has 7 nitrogen and oxygen atoms in total. The van der Waals surface area contributed by atoms with Crippen LogP contribution in [0.1, 0.15) is 20.3 Å². The molecular formula is C15H40N6O. The highest BCUT2D eigenvalue weighted by atomic mass is 16.2. The molecule has 0 radical (unpaired) electrons. The fourth-order valence-electron chi connectivity index (χ4n) is 1.61. The quantitative estimate of drug-likeness (QED) is 0.170. The van der Waals surface area contributed by atoms with Gasteiger partial charge in [0.25, 0.3) is 0 Å². The third kappa shape index (κ3) is 28.0. The van der Waals surface area contributed by atoms with Crippen LogP contribution in [0.2, 0.25) is 0 Å². The van der Waals surface area contributed by atoms with E-state index in [9.17, 15) is 0 Å². The molecule has 0 fully saturated rings. The van der Waals surface area contributed by atoms with Gasteiger partial charge in [-0.3, -0.25) is 0 Å². The summed E-state index contributed by atoms with van der Waals surface area (Å²) in [4.78, 5) is 0. The molecule has 22 heavy (non-hydrogen) atoms. The van der Waals surface area contributed by atoms with Gasteiger partial charge in [0.15, 0.2) is 0 Å². The van der Waals surface area contributed by atoms with Crippen molar-refractivity contribution in [1.82, 2.24) is 26.6 Å². The van der Waals surface area contributed by atoms with E-state index in [4.69, 9.17) is 10.8 Å². The number of nitrogens with two attached hydrogens (primary N) is 1. The van der Waals surface area contributed by atoms with E-state index in [0.717, 1.165) is 65.4 Å². The lowest BCUT2D eigenvalue weighted by atomic mass is 10.4. The van der Waals surface area contributed by atoms with Crippen LogP contribution in [0.3, 0.4) is 0 Å². The van der Waals surface area contributed by atoms with Crippen LogP contribution in [0.5, 0.6) is 0 Å². The number of hydrogen-bond donors (Lipinski definition) is 7. The van der Waals surface area contributed by atoms with Crippen molar-refractivity contribution in [2.75, 3.05) is 78.6 Å². The van der Waals surface area contributed by atoms with E-state index in [1.54, 1.807) is 6.92 Å². The smallest absolute Gasteiger partial charge is 0.0402 e. The van der Waals surface area contributed by atoms with Gasteiger partial charge < -0.3 is 37.4 Å². The van der Waals surface area contributed by atoms with E-state index in [2.05, 4.69) is 33.5 Å². The van der Waals surface area contributed by atoms with Crippen LogP contribution in [-0.4, -0.2) is 83.7 Å². The van der Waals surface area contributed by atoms with Gasteiger partial charge in [0.1, 0.15) is 0 Å². The Labute approximate surface area is 137 Å². The minimum absolute atomic E-state index is 0.250. The van der Waals surface area contributed by atoms with Crippen molar-refractivity contribution < 1.29 is 5.11 Å².